The monoisotopic (exact) mass is 383 g/mol. The number of likely N-dealkylation sites (tertiary alicyclic amines) is 1. The smallest absolute Gasteiger partial charge is 0.276 e. The van der Waals surface area contributed by atoms with Gasteiger partial charge < -0.3 is 9.72 Å². The highest BCUT2D eigenvalue weighted by Crippen LogP contribution is 2.28. The Kier molecular flexibility index (Phi) is 4.44. The minimum atomic E-state index is -0.212. The van der Waals surface area contributed by atoms with Gasteiger partial charge in [-0.15, -0.1) is 0 Å². The first-order chi connectivity index (χ1) is 13.7. The Bertz CT molecular complexity index is 1030. The fourth-order valence-corrected chi connectivity index (χ4v) is 4.12. The highest BCUT2D eigenvalue weighted by atomic mass is 19.1. The van der Waals surface area contributed by atoms with Crippen molar-refractivity contribution in [3.05, 3.63) is 63.8 Å². The molecular weight excluding hydrogens is 361 g/mol. The molecule has 146 valence electrons. The summed E-state index contributed by atoms with van der Waals surface area (Å²) in [7, 11) is 0. The zero-order chi connectivity index (χ0) is 19.1. The van der Waals surface area contributed by atoms with Gasteiger partial charge in [-0.25, -0.2) is 13.9 Å². The van der Waals surface area contributed by atoms with Crippen LogP contribution in [0.4, 0.5) is 4.39 Å². The molecule has 7 nitrogen and oxygen atoms in total. The summed E-state index contributed by atoms with van der Waals surface area (Å²) in [5, 5.41) is 4.67. The van der Waals surface area contributed by atoms with E-state index in [-0.39, 0.29) is 17.3 Å². The van der Waals surface area contributed by atoms with E-state index in [9.17, 15) is 9.18 Å². The SMILES string of the molecule is O=c1[nH]c(CN2CC(c3ccc(F)cc3)C2)nn2c(C3CCOCC3)ncc12. The third-order valence-corrected chi connectivity index (χ3v) is 5.73. The van der Waals surface area contributed by atoms with Crippen molar-refractivity contribution >= 4 is 5.52 Å². The van der Waals surface area contributed by atoms with Gasteiger partial charge in [0.25, 0.3) is 5.56 Å². The van der Waals surface area contributed by atoms with Gasteiger partial charge in [-0.3, -0.25) is 9.69 Å². The number of aromatic amines is 1. The third-order valence-electron chi connectivity index (χ3n) is 5.73. The largest absolute Gasteiger partial charge is 0.381 e. The van der Waals surface area contributed by atoms with Crippen LogP contribution in [-0.2, 0) is 11.3 Å². The lowest BCUT2D eigenvalue weighted by Crippen LogP contribution is -2.44. The lowest BCUT2D eigenvalue weighted by atomic mass is 9.91. The molecule has 28 heavy (non-hydrogen) atoms. The van der Waals surface area contributed by atoms with Gasteiger partial charge in [0, 0.05) is 38.1 Å². The van der Waals surface area contributed by atoms with Crippen molar-refractivity contribution in [1.29, 1.82) is 0 Å². The predicted molar refractivity (Wildman–Crippen MR) is 101 cm³/mol. The van der Waals surface area contributed by atoms with Crippen LogP contribution in [0.5, 0.6) is 0 Å². The number of benzene rings is 1. The number of halogens is 1. The van der Waals surface area contributed by atoms with Crippen LogP contribution in [0.1, 0.15) is 41.9 Å². The molecule has 2 fully saturated rings. The predicted octanol–water partition coefficient (Wildman–Crippen LogP) is 2.05. The first-order valence-electron chi connectivity index (χ1n) is 9.70. The van der Waals surface area contributed by atoms with E-state index in [4.69, 9.17) is 4.74 Å². The maximum absolute atomic E-state index is 13.1. The molecule has 8 heteroatoms. The maximum atomic E-state index is 13.1. The Balaban J connectivity index is 1.32. The topological polar surface area (TPSA) is 75.5 Å². The van der Waals surface area contributed by atoms with Crippen LogP contribution in [0.2, 0.25) is 0 Å². The lowest BCUT2D eigenvalue weighted by Gasteiger charge is -2.39. The molecule has 0 atom stereocenters. The van der Waals surface area contributed by atoms with Crippen molar-refractivity contribution in [2.45, 2.75) is 31.2 Å². The highest BCUT2D eigenvalue weighted by Gasteiger charge is 2.29. The maximum Gasteiger partial charge on any atom is 0.276 e. The summed E-state index contributed by atoms with van der Waals surface area (Å²) in [5.74, 6) is 1.93. The van der Waals surface area contributed by atoms with E-state index >= 15 is 0 Å². The average molecular weight is 383 g/mol. The molecule has 4 heterocycles. The summed E-state index contributed by atoms with van der Waals surface area (Å²) < 4.78 is 20.2. The summed E-state index contributed by atoms with van der Waals surface area (Å²) in [6.45, 7) is 3.74. The van der Waals surface area contributed by atoms with Gasteiger partial charge >= 0.3 is 0 Å². The molecule has 0 radical (unpaired) electrons. The van der Waals surface area contributed by atoms with E-state index in [1.165, 1.54) is 12.1 Å². The van der Waals surface area contributed by atoms with Crippen LogP contribution in [0.25, 0.3) is 5.52 Å². The van der Waals surface area contributed by atoms with E-state index in [1.807, 2.05) is 12.1 Å². The summed E-state index contributed by atoms with van der Waals surface area (Å²) in [4.78, 5) is 22.0. The molecule has 2 aromatic heterocycles. The average Bonchev–Trinajstić information content (AvgIpc) is 3.11. The fourth-order valence-electron chi connectivity index (χ4n) is 4.12. The number of hydrogen-bond donors (Lipinski definition) is 1. The van der Waals surface area contributed by atoms with Crippen molar-refractivity contribution in [1.82, 2.24) is 24.5 Å². The molecule has 0 bridgehead atoms. The van der Waals surface area contributed by atoms with Crippen LogP contribution >= 0.6 is 0 Å². The van der Waals surface area contributed by atoms with Crippen LogP contribution in [0.3, 0.4) is 0 Å². The quantitative estimate of drug-likeness (QED) is 0.746. The zero-order valence-corrected chi connectivity index (χ0v) is 15.5. The van der Waals surface area contributed by atoms with Gasteiger partial charge in [0.15, 0.2) is 5.52 Å². The Hall–Kier alpha value is -2.58. The van der Waals surface area contributed by atoms with Gasteiger partial charge in [0.2, 0.25) is 0 Å². The van der Waals surface area contributed by atoms with Gasteiger partial charge in [-0.05, 0) is 30.5 Å². The normalized spacial score (nSPS) is 19.2. The van der Waals surface area contributed by atoms with Crippen LogP contribution < -0.4 is 5.56 Å². The number of aromatic nitrogens is 4. The molecule has 2 saturated heterocycles. The molecule has 0 amide bonds. The number of hydrogen-bond acceptors (Lipinski definition) is 5. The van der Waals surface area contributed by atoms with Crippen molar-refractivity contribution in [3.63, 3.8) is 0 Å². The van der Waals surface area contributed by atoms with Gasteiger partial charge in [-0.2, -0.15) is 5.10 Å². The number of imidazole rings is 1. The second-order valence-electron chi connectivity index (χ2n) is 7.64. The van der Waals surface area contributed by atoms with Crippen LogP contribution in [0.15, 0.2) is 35.3 Å². The first-order valence-corrected chi connectivity index (χ1v) is 9.70. The van der Waals surface area contributed by atoms with Crippen molar-refractivity contribution in [2.75, 3.05) is 26.3 Å². The molecule has 3 aromatic rings. The molecule has 0 spiro atoms. The molecule has 5 rings (SSSR count). The number of H-pyrrole nitrogens is 1. The fraction of sp³-hybridized carbons (Fsp3) is 0.450. The molecule has 0 saturated carbocycles. The Labute approximate surface area is 161 Å². The Morgan fingerprint density at radius 2 is 1.89 bits per heavy atom. The van der Waals surface area contributed by atoms with E-state index in [2.05, 4.69) is 20.0 Å². The second-order valence-corrected chi connectivity index (χ2v) is 7.64. The molecular formula is C20H22FN5O2. The molecule has 2 aliphatic heterocycles. The number of ether oxygens (including phenoxy) is 1. The van der Waals surface area contributed by atoms with Gasteiger partial charge in [-0.1, -0.05) is 12.1 Å². The summed E-state index contributed by atoms with van der Waals surface area (Å²) in [6, 6.07) is 6.69. The van der Waals surface area contributed by atoms with Gasteiger partial charge in [0.1, 0.15) is 17.5 Å². The van der Waals surface area contributed by atoms with E-state index in [0.717, 1.165) is 37.3 Å². The molecule has 1 N–H and O–H groups in total. The summed E-state index contributed by atoms with van der Waals surface area (Å²) >= 11 is 0. The summed E-state index contributed by atoms with van der Waals surface area (Å²) in [6.07, 6.45) is 3.40. The van der Waals surface area contributed by atoms with E-state index in [0.29, 0.717) is 37.0 Å². The standard InChI is InChI=1S/C20H22FN5O2/c21-16-3-1-13(2-4-16)15-10-25(11-15)12-18-23-20(27)17-9-22-19(26(17)24-18)14-5-7-28-8-6-14/h1-4,9,14-15H,5-8,10-12H2,(H,23,24,27). The molecule has 2 aliphatic rings. The Morgan fingerprint density at radius 1 is 1.14 bits per heavy atom. The number of nitrogens with one attached hydrogen (secondary N) is 1. The minimum absolute atomic E-state index is 0.161. The van der Waals surface area contributed by atoms with Crippen molar-refractivity contribution in [2.24, 2.45) is 0 Å². The van der Waals surface area contributed by atoms with Crippen molar-refractivity contribution in [3.8, 4) is 0 Å². The third kappa shape index (κ3) is 3.22. The number of rotatable bonds is 4. The summed E-state index contributed by atoms with van der Waals surface area (Å²) in [5.41, 5.74) is 1.47. The van der Waals surface area contributed by atoms with E-state index in [1.54, 1.807) is 10.7 Å². The molecule has 0 unspecified atom stereocenters. The van der Waals surface area contributed by atoms with Crippen molar-refractivity contribution < 1.29 is 9.13 Å². The number of fused-ring (bicyclic) bond motifs is 1. The minimum Gasteiger partial charge on any atom is -0.381 e. The zero-order valence-electron chi connectivity index (χ0n) is 15.5. The second kappa shape index (κ2) is 7.10. The van der Waals surface area contributed by atoms with Crippen LogP contribution in [0, 0.1) is 5.82 Å². The highest BCUT2D eigenvalue weighted by molar-refractivity contribution is 5.42. The molecule has 0 aliphatic carbocycles. The Morgan fingerprint density at radius 3 is 2.64 bits per heavy atom. The molecule has 1 aromatic carbocycles. The van der Waals surface area contributed by atoms with Gasteiger partial charge in [0.05, 0.1) is 12.7 Å². The first kappa shape index (κ1) is 17.5. The van der Waals surface area contributed by atoms with Crippen LogP contribution in [-0.4, -0.2) is 50.8 Å². The lowest BCUT2D eigenvalue weighted by molar-refractivity contribution is 0.0832. The number of nitrogens with zero attached hydrogens (tertiary/aromatic N) is 4. The van der Waals surface area contributed by atoms with E-state index < -0.39 is 0 Å².